The molecule has 6 heteroatoms. The number of hydrogen-bond donors (Lipinski definition) is 1. The molecule has 0 unspecified atom stereocenters. The zero-order valence-corrected chi connectivity index (χ0v) is 15.8. The summed E-state index contributed by atoms with van der Waals surface area (Å²) in [7, 11) is 0. The molecule has 132 valence electrons. The molecule has 4 aromatic rings. The van der Waals surface area contributed by atoms with Crippen LogP contribution in [-0.4, -0.2) is 20.5 Å². The molecule has 2 heterocycles. The van der Waals surface area contributed by atoms with Crippen molar-refractivity contribution in [1.29, 1.82) is 0 Å². The van der Waals surface area contributed by atoms with E-state index in [0.717, 1.165) is 21.2 Å². The first-order valence-electron chi connectivity index (χ1n) is 8.32. The highest BCUT2D eigenvalue weighted by atomic mass is 79.9. The fraction of sp³-hybridized carbons (Fsp3) is 0. The highest BCUT2D eigenvalue weighted by Gasteiger charge is 2.07. The van der Waals surface area contributed by atoms with Crippen LogP contribution in [0.3, 0.4) is 0 Å². The maximum absolute atomic E-state index is 12.3. The molecule has 0 saturated heterocycles. The van der Waals surface area contributed by atoms with E-state index in [2.05, 4.69) is 43.6 Å². The van der Waals surface area contributed by atoms with Crippen molar-refractivity contribution >= 4 is 39.2 Å². The first-order valence-corrected chi connectivity index (χ1v) is 9.12. The zero-order chi connectivity index (χ0) is 18.6. The molecule has 1 amide bonds. The van der Waals surface area contributed by atoms with E-state index in [-0.39, 0.29) is 5.91 Å². The maximum atomic E-state index is 12.3. The van der Waals surface area contributed by atoms with Crippen LogP contribution in [0.5, 0.6) is 0 Å². The molecule has 0 saturated carbocycles. The molecule has 0 bridgehead atoms. The predicted octanol–water partition coefficient (Wildman–Crippen LogP) is 4.81. The van der Waals surface area contributed by atoms with Gasteiger partial charge in [-0.05, 0) is 44.8 Å². The summed E-state index contributed by atoms with van der Waals surface area (Å²) in [5, 5.41) is 10.7. The number of nitrogens with one attached hydrogen (secondary N) is 1. The van der Waals surface area contributed by atoms with Crippen molar-refractivity contribution in [2.24, 2.45) is 0 Å². The molecule has 4 rings (SSSR count). The smallest absolute Gasteiger partial charge is 0.248 e. The average molecular weight is 419 g/mol. The van der Waals surface area contributed by atoms with Gasteiger partial charge in [0.05, 0.1) is 5.69 Å². The molecule has 5 nitrogen and oxygen atoms in total. The van der Waals surface area contributed by atoms with Crippen LogP contribution in [0.15, 0.2) is 83.7 Å². The maximum Gasteiger partial charge on any atom is 0.248 e. The van der Waals surface area contributed by atoms with Gasteiger partial charge in [0.15, 0.2) is 5.65 Å². The lowest BCUT2D eigenvalue weighted by atomic mass is 10.0. The minimum Gasteiger partial charge on any atom is -0.319 e. The Bertz CT molecular complexity index is 1120. The number of amides is 1. The molecule has 2 aromatic heterocycles. The van der Waals surface area contributed by atoms with E-state index in [9.17, 15) is 4.79 Å². The van der Waals surface area contributed by atoms with Crippen LogP contribution in [0, 0.1) is 0 Å². The third kappa shape index (κ3) is 3.96. The number of benzene rings is 2. The van der Waals surface area contributed by atoms with Crippen molar-refractivity contribution in [1.82, 2.24) is 14.6 Å². The van der Waals surface area contributed by atoms with Gasteiger partial charge in [-0.2, -0.15) is 0 Å². The van der Waals surface area contributed by atoms with Gasteiger partial charge in [-0.1, -0.05) is 54.6 Å². The molecule has 27 heavy (non-hydrogen) atoms. The Labute approximate surface area is 164 Å². The quantitative estimate of drug-likeness (QED) is 0.483. The van der Waals surface area contributed by atoms with E-state index in [1.54, 1.807) is 22.9 Å². The molecular formula is C21H15BrN4O. The molecule has 0 aliphatic heterocycles. The summed E-state index contributed by atoms with van der Waals surface area (Å²) in [6.07, 6.45) is 6.70. The zero-order valence-electron chi connectivity index (χ0n) is 14.2. The van der Waals surface area contributed by atoms with E-state index in [0.29, 0.717) is 11.3 Å². The first-order chi connectivity index (χ1) is 13.2. The third-order valence-electron chi connectivity index (χ3n) is 4.06. The molecule has 0 spiro atoms. The van der Waals surface area contributed by atoms with Crippen molar-refractivity contribution in [3.63, 3.8) is 0 Å². The summed E-state index contributed by atoms with van der Waals surface area (Å²) in [4.78, 5) is 12.3. The lowest BCUT2D eigenvalue weighted by Crippen LogP contribution is -2.09. The SMILES string of the molecule is O=C(/C=C/c1ccc(-c2ccccc2)cc1)Nc1cc(Br)cn2cnnc12. The summed E-state index contributed by atoms with van der Waals surface area (Å²) < 4.78 is 2.57. The first kappa shape index (κ1) is 17.2. The van der Waals surface area contributed by atoms with E-state index in [1.165, 1.54) is 6.08 Å². The van der Waals surface area contributed by atoms with Crippen molar-refractivity contribution in [2.75, 3.05) is 5.32 Å². The molecule has 0 aliphatic rings. The number of carbonyl (C=O) groups excluding carboxylic acids is 1. The lowest BCUT2D eigenvalue weighted by molar-refractivity contribution is -0.111. The summed E-state index contributed by atoms with van der Waals surface area (Å²) in [5.74, 6) is -0.231. The highest BCUT2D eigenvalue weighted by Crippen LogP contribution is 2.21. The Balaban J connectivity index is 1.48. The van der Waals surface area contributed by atoms with E-state index in [1.807, 2.05) is 48.7 Å². The topological polar surface area (TPSA) is 59.3 Å². The summed E-state index contributed by atoms with van der Waals surface area (Å²) in [6.45, 7) is 0. The Hall–Kier alpha value is -3.25. The molecule has 2 aromatic carbocycles. The minimum absolute atomic E-state index is 0.231. The Morgan fingerprint density at radius 3 is 2.56 bits per heavy atom. The minimum atomic E-state index is -0.231. The average Bonchev–Trinajstić information content (AvgIpc) is 3.16. The number of rotatable bonds is 4. The molecule has 0 fully saturated rings. The summed E-state index contributed by atoms with van der Waals surface area (Å²) in [6, 6.07) is 20.0. The van der Waals surface area contributed by atoms with Crippen LogP contribution >= 0.6 is 15.9 Å². The van der Waals surface area contributed by atoms with Crippen LogP contribution < -0.4 is 5.32 Å². The van der Waals surface area contributed by atoms with Gasteiger partial charge in [0.2, 0.25) is 5.91 Å². The number of fused-ring (bicyclic) bond motifs is 1. The van der Waals surface area contributed by atoms with Gasteiger partial charge in [0.25, 0.3) is 0 Å². The fourth-order valence-electron chi connectivity index (χ4n) is 2.76. The Morgan fingerprint density at radius 1 is 1.04 bits per heavy atom. The van der Waals surface area contributed by atoms with Gasteiger partial charge in [-0.15, -0.1) is 10.2 Å². The lowest BCUT2D eigenvalue weighted by Gasteiger charge is -2.05. The van der Waals surface area contributed by atoms with Crippen LogP contribution in [0.2, 0.25) is 0 Å². The fourth-order valence-corrected chi connectivity index (χ4v) is 3.21. The number of anilines is 1. The number of nitrogens with zero attached hydrogens (tertiary/aromatic N) is 3. The van der Waals surface area contributed by atoms with Gasteiger partial charge in [0.1, 0.15) is 6.33 Å². The second-order valence-corrected chi connectivity index (χ2v) is 6.86. The number of hydrogen-bond acceptors (Lipinski definition) is 3. The molecular weight excluding hydrogens is 404 g/mol. The largest absolute Gasteiger partial charge is 0.319 e. The van der Waals surface area contributed by atoms with Crippen molar-refractivity contribution in [3.05, 3.63) is 89.3 Å². The van der Waals surface area contributed by atoms with Crippen LogP contribution in [-0.2, 0) is 4.79 Å². The van der Waals surface area contributed by atoms with Crippen LogP contribution in [0.25, 0.3) is 22.9 Å². The molecule has 0 radical (unpaired) electrons. The van der Waals surface area contributed by atoms with E-state index in [4.69, 9.17) is 0 Å². The number of aromatic nitrogens is 3. The predicted molar refractivity (Wildman–Crippen MR) is 110 cm³/mol. The van der Waals surface area contributed by atoms with Gasteiger partial charge in [-0.25, -0.2) is 0 Å². The second kappa shape index (κ2) is 7.55. The summed E-state index contributed by atoms with van der Waals surface area (Å²) >= 11 is 3.41. The normalized spacial score (nSPS) is 11.1. The highest BCUT2D eigenvalue weighted by molar-refractivity contribution is 9.10. The number of pyridine rings is 1. The van der Waals surface area contributed by atoms with Crippen molar-refractivity contribution < 1.29 is 4.79 Å². The van der Waals surface area contributed by atoms with E-state index < -0.39 is 0 Å². The standard InChI is InChI=1S/C21H15BrN4O/c22-18-12-19(21-25-23-14-26(21)13-18)24-20(27)11-8-15-6-9-17(10-7-15)16-4-2-1-3-5-16/h1-14H,(H,24,27)/b11-8+. The third-order valence-corrected chi connectivity index (χ3v) is 4.50. The Morgan fingerprint density at radius 2 is 1.78 bits per heavy atom. The number of carbonyl (C=O) groups is 1. The van der Waals surface area contributed by atoms with Gasteiger partial charge < -0.3 is 5.32 Å². The monoisotopic (exact) mass is 418 g/mol. The molecule has 0 aliphatic carbocycles. The van der Waals surface area contributed by atoms with E-state index >= 15 is 0 Å². The summed E-state index contributed by atoms with van der Waals surface area (Å²) in [5.41, 5.74) is 4.44. The van der Waals surface area contributed by atoms with Gasteiger partial charge in [-0.3, -0.25) is 9.20 Å². The van der Waals surface area contributed by atoms with Crippen LogP contribution in [0.1, 0.15) is 5.56 Å². The second-order valence-electron chi connectivity index (χ2n) is 5.94. The van der Waals surface area contributed by atoms with Crippen molar-refractivity contribution in [3.8, 4) is 11.1 Å². The van der Waals surface area contributed by atoms with Gasteiger partial charge >= 0.3 is 0 Å². The molecule has 1 N–H and O–H groups in total. The van der Waals surface area contributed by atoms with Crippen LogP contribution in [0.4, 0.5) is 5.69 Å². The van der Waals surface area contributed by atoms with Gasteiger partial charge in [0, 0.05) is 16.7 Å². The number of halogens is 1. The molecule has 0 atom stereocenters. The Kier molecular flexibility index (Phi) is 4.80. The van der Waals surface area contributed by atoms with Crippen molar-refractivity contribution in [2.45, 2.75) is 0 Å².